The Morgan fingerprint density at radius 3 is 2.47 bits per heavy atom. The lowest BCUT2D eigenvalue weighted by atomic mass is 9.97. The number of amides is 1. The van der Waals surface area contributed by atoms with E-state index in [0.29, 0.717) is 18.5 Å². The smallest absolute Gasteiger partial charge is 0.243 e. The molecule has 0 bridgehead atoms. The third-order valence-electron chi connectivity index (χ3n) is 5.32. The summed E-state index contributed by atoms with van der Waals surface area (Å²) in [5, 5.41) is 6.40. The average molecular weight is 481 g/mol. The average Bonchev–Trinajstić information content (AvgIpc) is 3.30. The highest BCUT2D eigenvalue weighted by atomic mass is 35.5. The van der Waals surface area contributed by atoms with Gasteiger partial charge in [-0.2, -0.15) is 9.40 Å². The number of carbonyl (C=O) groups excluding carboxylic acids is 1. The van der Waals surface area contributed by atoms with E-state index in [1.165, 1.54) is 27.3 Å². The first-order chi connectivity index (χ1) is 15.3. The van der Waals surface area contributed by atoms with E-state index in [1.54, 1.807) is 18.3 Å². The molecule has 0 atom stereocenters. The minimum atomic E-state index is -3.85. The molecule has 1 fully saturated rings. The van der Waals surface area contributed by atoms with Gasteiger partial charge in [-0.15, -0.1) is 0 Å². The van der Waals surface area contributed by atoms with Gasteiger partial charge in [0.1, 0.15) is 11.5 Å². The molecule has 1 N–H and O–H groups in total. The van der Waals surface area contributed by atoms with Gasteiger partial charge in [0.25, 0.3) is 0 Å². The predicted molar refractivity (Wildman–Crippen MR) is 115 cm³/mol. The fourth-order valence-electron chi connectivity index (χ4n) is 3.57. The number of sulfonamides is 1. The monoisotopic (exact) mass is 480 g/mol. The standard InChI is InChI=1S/C21H19ClF2N4O3S/c22-17-13-16(3-4-18(17)23)32(30,31)27-10-6-14(7-11-27)21(29)26-15-2-5-20(19(24)12-15)28-9-1-8-25-28/h1-5,8-9,12-14H,6-7,10-11H2,(H,26,29). The van der Waals surface area contributed by atoms with Crippen LogP contribution in [0, 0.1) is 17.6 Å². The fourth-order valence-corrected chi connectivity index (χ4v) is 5.31. The molecule has 168 valence electrons. The molecule has 11 heteroatoms. The maximum atomic E-state index is 14.4. The lowest BCUT2D eigenvalue weighted by molar-refractivity contribution is -0.120. The second kappa shape index (κ2) is 8.97. The van der Waals surface area contributed by atoms with Crippen molar-refractivity contribution in [3.63, 3.8) is 0 Å². The van der Waals surface area contributed by atoms with E-state index < -0.39 is 27.6 Å². The first-order valence-corrected chi connectivity index (χ1v) is 11.6. The summed E-state index contributed by atoms with van der Waals surface area (Å²) in [6.45, 7) is 0.254. The number of carbonyl (C=O) groups is 1. The molecule has 4 rings (SSSR count). The number of hydrogen-bond acceptors (Lipinski definition) is 4. The first kappa shape index (κ1) is 22.4. The number of piperidine rings is 1. The second-order valence-corrected chi connectivity index (χ2v) is 9.71. The van der Waals surface area contributed by atoms with Crippen LogP contribution < -0.4 is 5.32 Å². The highest BCUT2D eigenvalue weighted by Gasteiger charge is 2.32. The Morgan fingerprint density at radius 2 is 1.84 bits per heavy atom. The minimum Gasteiger partial charge on any atom is -0.326 e. The SMILES string of the molecule is O=C(Nc1ccc(-n2cccn2)c(F)c1)C1CCN(S(=O)(=O)c2ccc(F)c(Cl)c2)CC1. The normalized spacial score (nSPS) is 15.6. The van der Waals surface area contributed by atoms with Crippen LogP contribution in [0.2, 0.25) is 5.02 Å². The van der Waals surface area contributed by atoms with E-state index in [4.69, 9.17) is 11.6 Å². The summed E-state index contributed by atoms with van der Waals surface area (Å²) < 4.78 is 55.9. The van der Waals surface area contributed by atoms with Gasteiger partial charge >= 0.3 is 0 Å². The molecule has 2 aromatic carbocycles. The minimum absolute atomic E-state index is 0.0976. The fraction of sp³-hybridized carbons (Fsp3) is 0.238. The van der Waals surface area contributed by atoms with Crippen LogP contribution in [-0.4, -0.2) is 41.5 Å². The summed E-state index contributed by atoms with van der Waals surface area (Å²) in [6, 6.07) is 9.23. The van der Waals surface area contributed by atoms with Crippen molar-refractivity contribution in [1.29, 1.82) is 0 Å². The number of rotatable bonds is 5. The predicted octanol–water partition coefficient (Wildman–Crippen LogP) is 3.84. The van der Waals surface area contributed by atoms with Crippen LogP contribution in [0.5, 0.6) is 0 Å². The highest BCUT2D eigenvalue weighted by molar-refractivity contribution is 7.89. The molecule has 0 radical (unpaired) electrons. The maximum absolute atomic E-state index is 14.4. The lowest BCUT2D eigenvalue weighted by Crippen LogP contribution is -2.41. The van der Waals surface area contributed by atoms with E-state index in [9.17, 15) is 22.0 Å². The quantitative estimate of drug-likeness (QED) is 0.601. The molecule has 1 aliphatic heterocycles. The van der Waals surface area contributed by atoms with E-state index in [2.05, 4.69) is 10.4 Å². The molecule has 0 spiro atoms. The summed E-state index contributed by atoms with van der Waals surface area (Å²) in [6.07, 6.45) is 3.74. The number of benzene rings is 2. The molecular formula is C21H19ClF2N4O3S. The van der Waals surface area contributed by atoms with Gasteiger partial charge in [-0.05, 0) is 55.3 Å². The van der Waals surface area contributed by atoms with Gasteiger partial charge in [0.05, 0.1) is 9.92 Å². The zero-order valence-corrected chi connectivity index (χ0v) is 18.3. The Kier molecular flexibility index (Phi) is 6.27. The number of anilines is 1. The summed E-state index contributed by atoms with van der Waals surface area (Å²) in [5.74, 6) is -1.97. The number of halogens is 3. The molecule has 0 aliphatic carbocycles. The van der Waals surface area contributed by atoms with E-state index in [0.717, 1.165) is 18.2 Å². The van der Waals surface area contributed by atoms with Gasteiger partial charge in [-0.25, -0.2) is 21.9 Å². The van der Waals surface area contributed by atoms with Crippen molar-refractivity contribution in [2.45, 2.75) is 17.7 Å². The van der Waals surface area contributed by atoms with E-state index in [1.807, 2.05) is 0 Å². The van der Waals surface area contributed by atoms with Crippen molar-refractivity contribution in [3.05, 3.63) is 71.5 Å². The molecular weight excluding hydrogens is 462 g/mol. The van der Waals surface area contributed by atoms with Crippen molar-refractivity contribution in [3.8, 4) is 5.69 Å². The number of hydrogen-bond donors (Lipinski definition) is 1. The van der Waals surface area contributed by atoms with Crippen LogP contribution in [0.4, 0.5) is 14.5 Å². The summed E-state index contributed by atoms with van der Waals surface area (Å²) in [5.41, 5.74) is 0.562. The molecule has 1 saturated heterocycles. The van der Waals surface area contributed by atoms with Crippen molar-refractivity contribution >= 4 is 33.2 Å². The Balaban J connectivity index is 1.38. The van der Waals surface area contributed by atoms with Crippen LogP contribution in [0.15, 0.2) is 59.8 Å². The second-order valence-electron chi connectivity index (χ2n) is 7.36. The molecule has 0 unspecified atom stereocenters. The molecule has 1 aromatic heterocycles. The third kappa shape index (κ3) is 4.52. The van der Waals surface area contributed by atoms with Crippen molar-refractivity contribution in [2.75, 3.05) is 18.4 Å². The lowest BCUT2D eigenvalue weighted by Gasteiger charge is -2.30. The van der Waals surface area contributed by atoms with Crippen LogP contribution >= 0.6 is 11.6 Å². The zero-order chi connectivity index (χ0) is 22.9. The van der Waals surface area contributed by atoms with E-state index >= 15 is 0 Å². The van der Waals surface area contributed by atoms with Crippen molar-refractivity contribution in [1.82, 2.24) is 14.1 Å². The van der Waals surface area contributed by atoms with Gasteiger partial charge < -0.3 is 5.32 Å². The Morgan fingerprint density at radius 1 is 1.09 bits per heavy atom. The van der Waals surface area contributed by atoms with E-state index in [-0.39, 0.29) is 34.6 Å². The Labute approximate surface area is 188 Å². The van der Waals surface area contributed by atoms with Crippen molar-refractivity contribution < 1.29 is 22.0 Å². The van der Waals surface area contributed by atoms with Crippen LogP contribution in [0.25, 0.3) is 5.69 Å². The van der Waals surface area contributed by atoms with Gasteiger partial charge in [-0.1, -0.05) is 11.6 Å². The van der Waals surface area contributed by atoms with Crippen LogP contribution in [0.1, 0.15) is 12.8 Å². The summed E-state index contributed by atoms with van der Waals surface area (Å²) in [4.78, 5) is 12.5. The largest absolute Gasteiger partial charge is 0.326 e. The Bertz CT molecular complexity index is 1240. The molecule has 2 heterocycles. The topological polar surface area (TPSA) is 84.3 Å². The molecule has 32 heavy (non-hydrogen) atoms. The highest BCUT2D eigenvalue weighted by Crippen LogP contribution is 2.27. The number of nitrogens with one attached hydrogen (secondary N) is 1. The van der Waals surface area contributed by atoms with Gasteiger partial charge in [0.2, 0.25) is 15.9 Å². The first-order valence-electron chi connectivity index (χ1n) is 9.81. The maximum Gasteiger partial charge on any atom is 0.243 e. The number of nitrogens with zero attached hydrogens (tertiary/aromatic N) is 3. The molecule has 7 nitrogen and oxygen atoms in total. The van der Waals surface area contributed by atoms with Gasteiger partial charge in [0.15, 0.2) is 5.82 Å². The third-order valence-corrected chi connectivity index (χ3v) is 7.50. The van der Waals surface area contributed by atoms with Crippen LogP contribution in [-0.2, 0) is 14.8 Å². The molecule has 1 amide bonds. The number of aromatic nitrogens is 2. The summed E-state index contributed by atoms with van der Waals surface area (Å²) in [7, 11) is -3.85. The van der Waals surface area contributed by atoms with Gasteiger partial charge in [-0.3, -0.25) is 4.79 Å². The van der Waals surface area contributed by atoms with Crippen molar-refractivity contribution in [2.24, 2.45) is 5.92 Å². The van der Waals surface area contributed by atoms with Crippen LogP contribution in [0.3, 0.4) is 0 Å². The molecule has 0 saturated carbocycles. The van der Waals surface area contributed by atoms with Gasteiger partial charge in [0, 0.05) is 37.1 Å². The summed E-state index contributed by atoms with van der Waals surface area (Å²) >= 11 is 5.71. The molecule has 1 aliphatic rings. The Hall–Kier alpha value is -2.82. The zero-order valence-electron chi connectivity index (χ0n) is 16.7. The molecule has 3 aromatic rings.